The maximum Gasteiger partial charge on any atom is 0.163 e. The molecule has 0 amide bonds. The molecule has 10 aromatic rings. The van der Waals surface area contributed by atoms with E-state index >= 15 is 0 Å². The molecule has 4 aromatic heterocycles. The lowest BCUT2D eigenvalue weighted by Crippen LogP contribution is -2.24. The Morgan fingerprint density at radius 2 is 1.40 bits per heavy atom. The van der Waals surface area contributed by atoms with E-state index in [9.17, 15) is 0 Å². The second kappa shape index (κ2) is 12.8. The average molecular weight is 751 g/mol. The highest BCUT2D eigenvalue weighted by molar-refractivity contribution is 7.17. The second-order valence-electron chi connectivity index (χ2n) is 15.0. The van der Waals surface area contributed by atoms with Crippen LogP contribution in [0.4, 0.5) is 0 Å². The highest BCUT2D eigenvalue weighted by atomic mass is 32.1. The lowest BCUT2D eigenvalue weighted by Gasteiger charge is -2.16. The number of benzene rings is 6. The van der Waals surface area contributed by atoms with E-state index in [-0.39, 0.29) is 5.92 Å². The molecule has 270 valence electrons. The molecule has 6 heteroatoms. The van der Waals surface area contributed by atoms with Crippen LogP contribution in [0.2, 0.25) is 0 Å². The van der Waals surface area contributed by atoms with Gasteiger partial charge in [0.15, 0.2) is 17.2 Å². The molecule has 6 aromatic carbocycles. The van der Waals surface area contributed by atoms with E-state index in [1.165, 1.54) is 47.2 Å². The number of thiophene rings is 1. The molecule has 0 saturated carbocycles. The number of nitrogens with zero attached hydrogens (tertiary/aromatic N) is 4. The van der Waals surface area contributed by atoms with Crippen LogP contribution >= 0.6 is 11.3 Å². The Kier molecular flexibility index (Phi) is 7.29. The van der Waals surface area contributed by atoms with E-state index in [0.717, 1.165) is 81.1 Å². The number of allylic oxidation sites excluding steroid dienone is 4. The highest BCUT2D eigenvalue weighted by Gasteiger charge is 2.22. The fourth-order valence-corrected chi connectivity index (χ4v) is 10.2. The highest BCUT2D eigenvalue weighted by Crippen LogP contribution is 2.40. The first-order valence-corrected chi connectivity index (χ1v) is 20.4. The van der Waals surface area contributed by atoms with Crippen molar-refractivity contribution in [2.45, 2.75) is 25.2 Å². The quantitative estimate of drug-likeness (QED) is 0.176. The van der Waals surface area contributed by atoms with E-state index in [1.807, 2.05) is 29.5 Å². The second-order valence-corrected chi connectivity index (χ2v) is 16.0. The van der Waals surface area contributed by atoms with Crippen molar-refractivity contribution in [2.75, 3.05) is 0 Å². The largest absolute Gasteiger partial charge is 0.454 e. The molecule has 1 atom stereocenters. The van der Waals surface area contributed by atoms with Crippen LogP contribution in [0.5, 0.6) is 0 Å². The van der Waals surface area contributed by atoms with Gasteiger partial charge in [-0.15, -0.1) is 11.3 Å². The summed E-state index contributed by atoms with van der Waals surface area (Å²) in [5.74, 6) is 2.37. The first kappa shape index (κ1) is 32.4. The summed E-state index contributed by atoms with van der Waals surface area (Å²) in [6.45, 7) is 0. The van der Waals surface area contributed by atoms with E-state index in [0.29, 0.717) is 0 Å². The zero-order valence-electron chi connectivity index (χ0n) is 30.9. The minimum absolute atomic E-state index is 0.0403. The molecule has 1 unspecified atom stereocenters. The number of hydrogen-bond donors (Lipinski definition) is 0. The third-order valence-corrected chi connectivity index (χ3v) is 12.9. The van der Waals surface area contributed by atoms with Gasteiger partial charge in [0.25, 0.3) is 0 Å². The Hall–Kier alpha value is -6.89. The Bertz CT molecular complexity index is 3400. The first-order chi connectivity index (χ1) is 28.2. The molecule has 2 aliphatic rings. The standard InChI is InChI=1S/C51H34N4OS/c1-3-13-31(14-4-1)49-52-50(32-15-5-2-6-16-32)54-51(53-49)34-26-28-46-41(29-34)40-21-11-19-35(48(40)57-46)33-25-27-38-39-20-12-24-44(47(39)56-45(38)30-33)55-42-22-9-7-17-36(42)37-18-8-10-23-43(37)55/h1-5,7-15,17-25,27-30,34H,6,16,26H2. The Morgan fingerprint density at radius 3 is 2.23 bits per heavy atom. The van der Waals surface area contributed by atoms with Gasteiger partial charge < -0.3 is 8.98 Å². The smallest absolute Gasteiger partial charge is 0.163 e. The van der Waals surface area contributed by atoms with Gasteiger partial charge in [-0.3, -0.25) is 0 Å². The number of rotatable bonds is 5. The summed E-state index contributed by atoms with van der Waals surface area (Å²) in [7, 11) is 0. The number of hydrogen-bond acceptors (Lipinski definition) is 5. The zero-order chi connectivity index (χ0) is 37.5. The van der Waals surface area contributed by atoms with Crippen LogP contribution in [-0.2, 0) is 0 Å². The van der Waals surface area contributed by atoms with Crippen molar-refractivity contribution >= 4 is 82.9 Å². The van der Waals surface area contributed by atoms with Crippen molar-refractivity contribution in [3.63, 3.8) is 0 Å². The molecule has 2 aliphatic carbocycles. The van der Waals surface area contributed by atoms with Gasteiger partial charge in [-0.1, -0.05) is 134 Å². The Labute approximate surface area is 331 Å². The summed E-state index contributed by atoms with van der Waals surface area (Å²) in [5.41, 5.74) is 9.68. The van der Waals surface area contributed by atoms with Crippen molar-refractivity contribution in [3.05, 3.63) is 173 Å². The molecule has 0 bridgehead atoms. The van der Waals surface area contributed by atoms with Crippen molar-refractivity contribution in [3.8, 4) is 28.2 Å². The third kappa shape index (κ3) is 5.18. The Morgan fingerprint density at radius 1 is 0.649 bits per heavy atom. The van der Waals surface area contributed by atoms with Crippen molar-refractivity contribution in [2.24, 2.45) is 0 Å². The average Bonchev–Trinajstić information content (AvgIpc) is 3.96. The Balaban J connectivity index is 0.971. The number of para-hydroxylation sites is 3. The van der Waals surface area contributed by atoms with E-state index in [2.05, 4.69) is 150 Å². The summed E-state index contributed by atoms with van der Waals surface area (Å²) in [4.78, 5) is 15.2. The van der Waals surface area contributed by atoms with Crippen LogP contribution in [0.25, 0.3) is 99.8 Å². The normalized spacial score (nSPS) is 15.3. The predicted octanol–water partition coefficient (Wildman–Crippen LogP) is 11.9. The summed E-state index contributed by atoms with van der Waals surface area (Å²) in [6, 6.07) is 47.4. The van der Waals surface area contributed by atoms with Gasteiger partial charge in [0, 0.05) is 47.6 Å². The maximum atomic E-state index is 6.86. The fraction of sp³-hybridized carbons (Fsp3) is 0.0784. The van der Waals surface area contributed by atoms with Gasteiger partial charge in [-0.05, 0) is 71.5 Å². The molecule has 12 rings (SSSR count). The number of furan rings is 1. The minimum Gasteiger partial charge on any atom is -0.454 e. The molecule has 4 heterocycles. The third-order valence-electron chi connectivity index (χ3n) is 11.6. The van der Waals surface area contributed by atoms with Crippen LogP contribution in [0, 0.1) is 0 Å². The van der Waals surface area contributed by atoms with Crippen molar-refractivity contribution in [1.29, 1.82) is 0 Å². The number of fused-ring (bicyclic) bond motifs is 9. The molecule has 0 N–H and O–H groups in total. The van der Waals surface area contributed by atoms with E-state index in [4.69, 9.17) is 19.4 Å². The molecular formula is C51H34N4OS. The van der Waals surface area contributed by atoms with Crippen LogP contribution in [0.3, 0.4) is 0 Å². The topological polar surface area (TPSA) is 56.7 Å². The van der Waals surface area contributed by atoms with E-state index < -0.39 is 0 Å². The van der Waals surface area contributed by atoms with Crippen molar-refractivity contribution < 1.29 is 4.42 Å². The van der Waals surface area contributed by atoms with Crippen LogP contribution < -0.4 is 9.75 Å². The van der Waals surface area contributed by atoms with Gasteiger partial charge in [-0.2, -0.15) is 0 Å². The molecule has 57 heavy (non-hydrogen) atoms. The monoisotopic (exact) mass is 750 g/mol. The lowest BCUT2D eigenvalue weighted by molar-refractivity contribution is 0.666. The summed E-state index contributed by atoms with van der Waals surface area (Å²) in [6.07, 6.45) is 14.0. The molecule has 0 saturated heterocycles. The van der Waals surface area contributed by atoms with Gasteiger partial charge in [0.1, 0.15) is 11.4 Å². The fourth-order valence-electron chi connectivity index (χ4n) is 8.91. The van der Waals surface area contributed by atoms with E-state index in [1.54, 1.807) is 0 Å². The molecule has 0 radical (unpaired) electrons. The van der Waals surface area contributed by atoms with Gasteiger partial charge >= 0.3 is 0 Å². The van der Waals surface area contributed by atoms with Crippen molar-refractivity contribution in [1.82, 2.24) is 19.5 Å². The van der Waals surface area contributed by atoms with Gasteiger partial charge in [0.05, 0.1) is 16.7 Å². The SMILES string of the molecule is C1=CCCC(c2nc(-c3ccccc3)nc(C3C=c4c(sc5c(-c6ccc7c(c6)oc6c(-n8c9ccccc9c9ccccc98)cccc67)cccc45)=CC3)n2)=C1. The van der Waals surface area contributed by atoms with Gasteiger partial charge in [-0.25, -0.2) is 15.0 Å². The molecule has 5 nitrogen and oxygen atoms in total. The van der Waals surface area contributed by atoms with Crippen LogP contribution in [0.15, 0.2) is 156 Å². The maximum absolute atomic E-state index is 6.86. The van der Waals surface area contributed by atoms with Gasteiger partial charge in [0.2, 0.25) is 0 Å². The molecular weight excluding hydrogens is 717 g/mol. The minimum atomic E-state index is 0.0403. The van der Waals surface area contributed by atoms with Crippen LogP contribution in [-0.4, -0.2) is 19.5 Å². The summed E-state index contributed by atoms with van der Waals surface area (Å²) in [5, 5.41) is 7.22. The lowest BCUT2D eigenvalue weighted by atomic mass is 9.96. The zero-order valence-corrected chi connectivity index (χ0v) is 31.7. The number of aromatic nitrogens is 4. The summed E-state index contributed by atoms with van der Waals surface area (Å²) < 4.78 is 11.8. The summed E-state index contributed by atoms with van der Waals surface area (Å²) >= 11 is 1.87. The first-order valence-electron chi connectivity index (χ1n) is 19.6. The molecule has 0 aliphatic heterocycles. The molecule has 0 fully saturated rings. The molecule has 0 spiro atoms. The predicted molar refractivity (Wildman–Crippen MR) is 236 cm³/mol. The van der Waals surface area contributed by atoms with Crippen LogP contribution in [0.1, 0.15) is 36.8 Å².